The van der Waals surface area contributed by atoms with E-state index >= 15 is 0 Å². The van der Waals surface area contributed by atoms with Gasteiger partial charge in [0.1, 0.15) is 0 Å². The van der Waals surface area contributed by atoms with Crippen molar-refractivity contribution in [1.29, 1.82) is 0 Å². The summed E-state index contributed by atoms with van der Waals surface area (Å²) in [4.78, 5) is 2.45. The highest BCUT2D eigenvalue weighted by Crippen LogP contribution is 2.61. The number of aliphatic hydroxyl groups excluding tert-OH is 1. The molecule has 0 spiro atoms. The first kappa shape index (κ1) is 10.8. The van der Waals surface area contributed by atoms with Crippen LogP contribution >= 0.6 is 0 Å². The van der Waals surface area contributed by atoms with Crippen LogP contribution < -0.4 is 0 Å². The highest BCUT2D eigenvalue weighted by atomic mass is 16.3. The molecule has 17 heavy (non-hydrogen) atoms. The van der Waals surface area contributed by atoms with E-state index in [0.29, 0.717) is 0 Å². The Morgan fingerprint density at radius 3 is 1.94 bits per heavy atom. The molecular formula is C15H25NO. The van der Waals surface area contributed by atoms with Crippen LogP contribution in [0.25, 0.3) is 0 Å². The van der Waals surface area contributed by atoms with Gasteiger partial charge in [0.15, 0.2) is 0 Å². The largest absolute Gasteiger partial charge is 0.390 e. The molecule has 1 heterocycles. The highest BCUT2D eigenvalue weighted by molar-refractivity contribution is 5.01. The fraction of sp³-hybridized carbons (Fsp3) is 1.00. The molecule has 0 radical (unpaired) electrons. The fourth-order valence-corrected chi connectivity index (χ4v) is 5.72. The topological polar surface area (TPSA) is 23.5 Å². The van der Waals surface area contributed by atoms with Gasteiger partial charge >= 0.3 is 0 Å². The number of aliphatic hydroxyl groups is 1. The maximum absolute atomic E-state index is 9.34. The fourth-order valence-electron chi connectivity index (χ4n) is 5.72. The Hall–Kier alpha value is -0.0800. The van der Waals surface area contributed by atoms with Crippen LogP contribution in [0.1, 0.15) is 44.9 Å². The molecule has 5 aliphatic rings. The quantitative estimate of drug-likeness (QED) is 0.811. The van der Waals surface area contributed by atoms with E-state index in [2.05, 4.69) is 4.90 Å². The Morgan fingerprint density at radius 2 is 1.47 bits per heavy atom. The van der Waals surface area contributed by atoms with Crippen LogP contribution in [0.4, 0.5) is 0 Å². The molecule has 1 saturated heterocycles. The first-order valence-electron chi connectivity index (χ1n) is 7.61. The van der Waals surface area contributed by atoms with Gasteiger partial charge in [0, 0.05) is 13.1 Å². The number of hydrogen-bond donors (Lipinski definition) is 1. The van der Waals surface area contributed by atoms with Crippen LogP contribution in [-0.2, 0) is 0 Å². The van der Waals surface area contributed by atoms with Gasteiger partial charge in [-0.05, 0) is 74.7 Å². The normalized spacial score (nSPS) is 49.6. The zero-order valence-electron chi connectivity index (χ0n) is 10.8. The molecule has 0 aromatic carbocycles. The van der Waals surface area contributed by atoms with Crippen molar-refractivity contribution in [3.8, 4) is 0 Å². The van der Waals surface area contributed by atoms with Crippen LogP contribution in [0.2, 0.25) is 0 Å². The lowest BCUT2D eigenvalue weighted by Crippen LogP contribution is -2.53. The summed E-state index contributed by atoms with van der Waals surface area (Å²) in [5.74, 6) is 3.26. The van der Waals surface area contributed by atoms with Gasteiger partial charge in [-0.15, -0.1) is 0 Å². The monoisotopic (exact) mass is 235 g/mol. The Kier molecular flexibility index (Phi) is 2.36. The lowest BCUT2D eigenvalue weighted by molar-refractivity contribution is -0.0712. The maximum Gasteiger partial charge on any atom is 0.0793 e. The van der Waals surface area contributed by atoms with Crippen molar-refractivity contribution >= 4 is 0 Å². The van der Waals surface area contributed by atoms with E-state index in [0.717, 1.165) is 36.3 Å². The van der Waals surface area contributed by atoms with E-state index in [4.69, 9.17) is 0 Å². The van der Waals surface area contributed by atoms with Gasteiger partial charge in [0.05, 0.1) is 6.10 Å². The molecule has 4 bridgehead atoms. The van der Waals surface area contributed by atoms with Crippen LogP contribution in [0.15, 0.2) is 0 Å². The zero-order chi connectivity index (χ0) is 11.5. The summed E-state index contributed by atoms with van der Waals surface area (Å²) in [6.45, 7) is 3.13. The van der Waals surface area contributed by atoms with Crippen molar-refractivity contribution in [3.05, 3.63) is 0 Å². The Bertz CT molecular complexity index is 273. The van der Waals surface area contributed by atoms with Gasteiger partial charge in [-0.1, -0.05) is 0 Å². The lowest BCUT2D eigenvalue weighted by Gasteiger charge is -2.57. The van der Waals surface area contributed by atoms with Gasteiger partial charge in [0.25, 0.3) is 0 Å². The standard InChI is InChI=1S/C15H25NO/c17-14-9-16(10-14)2-1-15-6-11-3-12(7-15)5-13(4-11)8-15/h11-14,17H,1-10H2. The Labute approximate surface area is 104 Å². The second-order valence-electron chi connectivity index (χ2n) is 7.58. The minimum atomic E-state index is -0.0219. The summed E-state index contributed by atoms with van der Waals surface area (Å²) < 4.78 is 0. The van der Waals surface area contributed by atoms with Crippen LogP contribution in [0.3, 0.4) is 0 Å². The second kappa shape index (κ2) is 3.71. The van der Waals surface area contributed by atoms with E-state index < -0.39 is 0 Å². The maximum atomic E-state index is 9.34. The van der Waals surface area contributed by atoms with Crippen LogP contribution in [-0.4, -0.2) is 35.7 Å². The molecule has 0 aromatic heterocycles. The third-order valence-electron chi connectivity index (χ3n) is 6.06. The van der Waals surface area contributed by atoms with Crippen molar-refractivity contribution in [2.45, 2.75) is 51.0 Å². The van der Waals surface area contributed by atoms with E-state index in [1.807, 2.05) is 0 Å². The van der Waals surface area contributed by atoms with Gasteiger partial charge in [-0.25, -0.2) is 0 Å². The second-order valence-corrected chi connectivity index (χ2v) is 7.58. The molecule has 0 amide bonds. The van der Waals surface area contributed by atoms with Crippen molar-refractivity contribution in [3.63, 3.8) is 0 Å². The van der Waals surface area contributed by atoms with Gasteiger partial charge < -0.3 is 5.11 Å². The first-order chi connectivity index (χ1) is 8.21. The minimum Gasteiger partial charge on any atom is -0.390 e. The number of likely N-dealkylation sites (tertiary alicyclic amines) is 1. The summed E-state index contributed by atoms with van der Waals surface area (Å²) in [5, 5.41) is 9.34. The van der Waals surface area contributed by atoms with Crippen molar-refractivity contribution in [2.24, 2.45) is 23.2 Å². The molecule has 1 aliphatic heterocycles. The van der Waals surface area contributed by atoms with Crippen molar-refractivity contribution in [2.75, 3.05) is 19.6 Å². The molecular weight excluding hydrogens is 210 g/mol. The molecule has 1 N–H and O–H groups in total. The number of rotatable bonds is 3. The predicted octanol–water partition coefficient (Wildman–Crippen LogP) is 2.27. The summed E-state index contributed by atoms with van der Waals surface area (Å²) >= 11 is 0. The average Bonchev–Trinajstić information content (AvgIpc) is 2.21. The molecule has 4 aliphatic carbocycles. The molecule has 2 nitrogen and oxygen atoms in total. The van der Waals surface area contributed by atoms with Gasteiger partial charge in [-0.2, -0.15) is 0 Å². The summed E-state index contributed by atoms with van der Waals surface area (Å²) in [6.07, 6.45) is 10.7. The number of β-amino-alcohol motifs (C(OH)–C–C–N with tert-alkyl or cyclic N) is 1. The smallest absolute Gasteiger partial charge is 0.0793 e. The highest BCUT2D eigenvalue weighted by Gasteiger charge is 2.50. The molecule has 96 valence electrons. The molecule has 5 fully saturated rings. The lowest BCUT2D eigenvalue weighted by atomic mass is 9.49. The van der Waals surface area contributed by atoms with E-state index in [-0.39, 0.29) is 6.10 Å². The Morgan fingerprint density at radius 1 is 0.941 bits per heavy atom. The van der Waals surface area contributed by atoms with Crippen molar-refractivity contribution in [1.82, 2.24) is 4.90 Å². The Balaban J connectivity index is 1.39. The minimum absolute atomic E-state index is 0.0219. The SMILES string of the molecule is OC1CN(CCC23CC4CC(CC(C4)C2)C3)C1. The average molecular weight is 235 g/mol. The first-order valence-corrected chi connectivity index (χ1v) is 7.61. The molecule has 0 unspecified atom stereocenters. The number of nitrogens with zero attached hydrogens (tertiary/aromatic N) is 1. The molecule has 4 saturated carbocycles. The van der Waals surface area contributed by atoms with Crippen molar-refractivity contribution < 1.29 is 5.11 Å². The third kappa shape index (κ3) is 1.84. The third-order valence-corrected chi connectivity index (χ3v) is 6.06. The summed E-state index contributed by atoms with van der Waals surface area (Å²) in [6, 6.07) is 0. The van der Waals surface area contributed by atoms with Gasteiger partial charge in [0.2, 0.25) is 0 Å². The number of hydrogen-bond acceptors (Lipinski definition) is 2. The van der Waals surface area contributed by atoms with Crippen LogP contribution in [0.5, 0.6) is 0 Å². The molecule has 0 aromatic rings. The molecule has 2 heteroatoms. The van der Waals surface area contributed by atoms with E-state index in [1.54, 1.807) is 19.3 Å². The van der Waals surface area contributed by atoms with Gasteiger partial charge in [-0.3, -0.25) is 4.90 Å². The summed E-state index contributed by atoms with van der Waals surface area (Å²) in [5.41, 5.74) is 0.731. The summed E-state index contributed by atoms with van der Waals surface area (Å²) in [7, 11) is 0. The van der Waals surface area contributed by atoms with E-state index in [9.17, 15) is 5.11 Å². The van der Waals surface area contributed by atoms with E-state index in [1.165, 1.54) is 32.2 Å². The zero-order valence-corrected chi connectivity index (χ0v) is 10.8. The van der Waals surface area contributed by atoms with Crippen LogP contribution in [0, 0.1) is 23.2 Å². The predicted molar refractivity (Wildman–Crippen MR) is 67.7 cm³/mol. The molecule has 0 atom stereocenters. The molecule has 5 rings (SSSR count).